The van der Waals surface area contributed by atoms with Crippen molar-refractivity contribution in [2.75, 3.05) is 20.7 Å². The van der Waals surface area contributed by atoms with Gasteiger partial charge in [0, 0.05) is 33.9 Å². The lowest BCUT2D eigenvalue weighted by atomic mass is 10.2. The number of rotatable bonds is 6. The third-order valence-electron chi connectivity index (χ3n) is 3.58. The molecule has 0 aliphatic rings. The maximum atomic E-state index is 5.47. The van der Waals surface area contributed by atoms with Crippen LogP contribution in [0.4, 0.5) is 0 Å². The molecule has 0 atom stereocenters. The lowest BCUT2D eigenvalue weighted by Crippen LogP contribution is -2.38. The van der Waals surface area contributed by atoms with Crippen LogP contribution in [0.5, 0.6) is 5.75 Å². The van der Waals surface area contributed by atoms with E-state index in [4.69, 9.17) is 4.74 Å². The zero-order chi connectivity index (χ0) is 16.7. The topological polar surface area (TPSA) is 54.7 Å². The average molecular weight is 443 g/mol. The third kappa shape index (κ3) is 5.70. The van der Waals surface area contributed by atoms with Crippen LogP contribution in [-0.2, 0) is 20.1 Å². The molecule has 0 aliphatic heterocycles. The molecule has 1 aromatic carbocycles. The highest BCUT2D eigenvalue weighted by Crippen LogP contribution is 2.13. The standard InChI is InChI=1S/C17H25N5O.HI/c1-5-23-16-8-6-14(7-9-16)13-21(3)17(18-2)19-12-15-10-11-20-22(15)4;/h6-11H,5,12-13H2,1-4H3,(H,18,19);1H. The van der Waals surface area contributed by atoms with Crippen LogP contribution in [0.15, 0.2) is 41.5 Å². The molecule has 132 valence electrons. The van der Waals surface area contributed by atoms with E-state index in [1.165, 1.54) is 5.56 Å². The molecule has 2 aromatic rings. The number of benzene rings is 1. The summed E-state index contributed by atoms with van der Waals surface area (Å²) < 4.78 is 7.32. The van der Waals surface area contributed by atoms with Gasteiger partial charge in [0.05, 0.1) is 18.8 Å². The quantitative estimate of drug-likeness (QED) is 0.424. The molecule has 2 rings (SSSR count). The second-order valence-electron chi connectivity index (χ2n) is 5.28. The predicted molar refractivity (Wildman–Crippen MR) is 108 cm³/mol. The first-order valence-corrected chi connectivity index (χ1v) is 7.74. The zero-order valence-corrected chi connectivity index (χ0v) is 17.0. The van der Waals surface area contributed by atoms with Crippen molar-refractivity contribution in [1.29, 1.82) is 0 Å². The number of aromatic nitrogens is 2. The van der Waals surface area contributed by atoms with Gasteiger partial charge in [0.2, 0.25) is 0 Å². The van der Waals surface area contributed by atoms with E-state index >= 15 is 0 Å². The van der Waals surface area contributed by atoms with Crippen LogP contribution in [0.25, 0.3) is 0 Å². The van der Waals surface area contributed by atoms with Crippen LogP contribution in [-0.4, -0.2) is 41.3 Å². The van der Waals surface area contributed by atoms with Gasteiger partial charge in [0.1, 0.15) is 5.75 Å². The smallest absolute Gasteiger partial charge is 0.194 e. The number of ether oxygens (including phenoxy) is 1. The van der Waals surface area contributed by atoms with E-state index in [9.17, 15) is 0 Å². The van der Waals surface area contributed by atoms with Gasteiger partial charge in [-0.3, -0.25) is 9.67 Å². The third-order valence-corrected chi connectivity index (χ3v) is 3.58. The van der Waals surface area contributed by atoms with E-state index in [1.54, 1.807) is 13.2 Å². The van der Waals surface area contributed by atoms with Crippen LogP contribution >= 0.6 is 24.0 Å². The summed E-state index contributed by atoms with van der Waals surface area (Å²) in [6.45, 7) is 4.14. The highest BCUT2D eigenvalue weighted by molar-refractivity contribution is 14.0. The molecule has 1 N–H and O–H groups in total. The Hall–Kier alpha value is -1.77. The Labute approximate surface area is 160 Å². The maximum Gasteiger partial charge on any atom is 0.194 e. The van der Waals surface area contributed by atoms with Gasteiger partial charge in [0.15, 0.2) is 5.96 Å². The van der Waals surface area contributed by atoms with Crippen LogP contribution in [0.2, 0.25) is 0 Å². The van der Waals surface area contributed by atoms with Crippen molar-refractivity contribution in [1.82, 2.24) is 20.0 Å². The fourth-order valence-electron chi connectivity index (χ4n) is 2.34. The Kier molecular flexibility index (Phi) is 8.59. The van der Waals surface area contributed by atoms with Gasteiger partial charge in [-0.15, -0.1) is 24.0 Å². The minimum Gasteiger partial charge on any atom is -0.494 e. The highest BCUT2D eigenvalue weighted by Gasteiger charge is 2.08. The first kappa shape index (κ1) is 20.3. The number of hydrogen-bond donors (Lipinski definition) is 1. The lowest BCUT2D eigenvalue weighted by Gasteiger charge is -2.22. The summed E-state index contributed by atoms with van der Waals surface area (Å²) in [7, 11) is 5.75. The van der Waals surface area contributed by atoms with Crippen LogP contribution < -0.4 is 10.1 Å². The van der Waals surface area contributed by atoms with Gasteiger partial charge in [-0.1, -0.05) is 12.1 Å². The van der Waals surface area contributed by atoms with E-state index in [-0.39, 0.29) is 24.0 Å². The van der Waals surface area contributed by atoms with E-state index < -0.39 is 0 Å². The second kappa shape index (κ2) is 10.2. The van der Waals surface area contributed by atoms with Gasteiger partial charge in [-0.2, -0.15) is 5.10 Å². The van der Waals surface area contributed by atoms with Gasteiger partial charge in [-0.05, 0) is 30.7 Å². The Balaban J connectivity index is 0.00000288. The monoisotopic (exact) mass is 443 g/mol. The molecule has 6 nitrogen and oxygen atoms in total. The van der Waals surface area contributed by atoms with Gasteiger partial charge >= 0.3 is 0 Å². The van der Waals surface area contributed by atoms with Crippen molar-refractivity contribution in [3.05, 3.63) is 47.8 Å². The van der Waals surface area contributed by atoms with Crippen molar-refractivity contribution in [2.45, 2.75) is 20.0 Å². The van der Waals surface area contributed by atoms with Crippen molar-refractivity contribution in [3.63, 3.8) is 0 Å². The number of nitrogens with zero attached hydrogens (tertiary/aromatic N) is 4. The van der Waals surface area contributed by atoms with Gasteiger partial charge in [-0.25, -0.2) is 0 Å². The summed E-state index contributed by atoms with van der Waals surface area (Å²) in [6.07, 6.45) is 1.80. The van der Waals surface area contributed by atoms with E-state index in [0.29, 0.717) is 13.2 Å². The number of halogens is 1. The fraction of sp³-hybridized carbons (Fsp3) is 0.412. The molecular weight excluding hydrogens is 417 g/mol. The largest absolute Gasteiger partial charge is 0.494 e. The van der Waals surface area contributed by atoms with Crippen molar-refractivity contribution in [3.8, 4) is 5.75 Å². The summed E-state index contributed by atoms with van der Waals surface area (Å²) in [6, 6.07) is 10.1. The summed E-state index contributed by atoms with van der Waals surface area (Å²) in [5, 5.41) is 7.52. The molecular formula is C17H26IN5O. The number of hydrogen-bond acceptors (Lipinski definition) is 3. The number of aryl methyl sites for hydroxylation is 1. The molecule has 0 aliphatic carbocycles. The molecule has 1 aromatic heterocycles. The molecule has 1 heterocycles. The predicted octanol–water partition coefficient (Wildman–Crippen LogP) is 2.64. The second-order valence-corrected chi connectivity index (χ2v) is 5.28. The zero-order valence-electron chi connectivity index (χ0n) is 14.7. The molecule has 0 spiro atoms. The molecule has 0 bridgehead atoms. The Bertz CT molecular complexity index is 639. The van der Waals surface area contributed by atoms with Crippen LogP contribution in [0.3, 0.4) is 0 Å². The number of aliphatic imine (C=N–C) groups is 1. The minimum absolute atomic E-state index is 0. The minimum atomic E-state index is 0. The van der Waals surface area contributed by atoms with Crippen molar-refractivity contribution in [2.24, 2.45) is 12.0 Å². The van der Waals surface area contributed by atoms with Gasteiger partial charge < -0.3 is 15.0 Å². The van der Waals surface area contributed by atoms with E-state index in [1.807, 2.05) is 43.9 Å². The molecule has 0 saturated carbocycles. The highest BCUT2D eigenvalue weighted by atomic mass is 127. The average Bonchev–Trinajstić information content (AvgIpc) is 2.95. The Morgan fingerprint density at radius 2 is 2.00 bits per heavy atom. The molecule has 0 saturated heterocycles. The summed E-state index contributed by atoms with van der Waals surface area (Å²) in [5.74, 6) is 1.75. The molecule has 0 fully saturated rings. The normalized spacial score (nSPS) is 10.9. The number of guanidine groups is 1. The first-order valence-electron chi connectivity index (χ1n) is 7.74. The summed E-state index contributed by atoms with van der Waals surface area (Å²) in [4.78, 5) is 6.43. The lowest BCUT2D eigenvalue weighted by molar-refractivity contribution is 0.340. The molecule has 7 heteroatoms. The number of nitrogens with one attached hydrogen (secondary N) is 1. The van der Waals surface area contributed by atoms with Crippen LogP contribution in [0, 0.1) is 0 Å². The molecule has 0 amide bonds. The SMILES string of the molecule is CCOc1ccc(CN(C)C(=NC)NCc2ccnn2C)cc1.I. The van der Waals surface area contributed by atoms with E-state index in [2.05, 4.69) is 32.4 Å². The van der Waals surface area contributed by atoms with Crippen LogP contribution in [0.1, 0.15) is 18.2 Å². The molecule has 0 radical (unpaired) electrons. The van der Waals surface area contributed by atoms with Crippen molar-refractivity contribution < 1.29 is 4.74 Å². The molecule has 0 unspecified atom stereocenters. The summed E-state index contributed by atoms with van der Waals surface area (Å²) >= 11 is 0. The Morgan fingerprint density at radius 1 is 1.29 bits per heavy atom. The fourth-order valence-corrected chi connectivity index (χ4v) is 2.34. The van der Waals surface area contributed by atoms with Gasteiger partial charge in [0.25, 0.3) is 0 Å². The van der Waals surface area contributed by atoms with Crippen molar-refractivity contribution >= 4 is 29.9 Å². The molecule has 24 heavy (non-hydrogen) atoms. The van der Waals surface area contributed by atoms with E-state index in [0.717, 1.165) is 23.9 Å². The summed E-state index contributed by atoms with van der Waals surface area (Å²) in [5.41, 5.74) is 2.32. The maximum absolute atomic E-state index is 5.47. The first-order chi connectivity index (χ1) is 11.1. The Morgan fingerprint density at radius 3 is 2.54 bits per heavy atom.